The normalized spacial score (nSPS) is 45.0. The molecule has 6 aliphatic rings. The number of aromatic amines is 1. The van der Waals surface area contributed by atoms with E-state index in [1.54, 1.807) is 39.0 Å². The van der Waals surface area contributed by atoms with Crippen LogP contribution in [0.1, 0.15) is 76.4 Å². The summed E-state index contributed by atoms with van der Waals surface area (Å²) in [6.07, 6.45) is -3.13. The van der Waals surface area contributed by atoms with Crippen molar-refractivity contribution < 1.29 is 58.9 Å². The van der Waals surface area contributed by atoms with E-state index in [1.165, 1.54) is 26.1 Å². The van der Waals surface area contributed by atoms with Gasteiger partial charge in [-0.05, 0) is 49.3 Å². The molecule has 0 radical (unpaired) electrons. The number of alkyl carbamates (subject to hydrolysis) is 1. The molecule has 11 unspecified atom stereocenters. The number of esters is 2. The van der Waals surface area contributed by atoms with E-state index >= 15 is 0 Å². The lowest BCUT2D eigenvalue weighted by molar-refractivity contribution is -0.390. The Morgan fingerprint density at radius 2 is 1.72 bits per heavy atom. The van der Waals surface area contributed by atoms with E-state index < -0.39 is 93.1 Å². The van der Waals surface area contributed by atoms with Gasteiger partial charge >= 0.3 is 18.0 Å². The number of aromatic nitrogens is 1. The van der Waals surface area contributed by atoms with Crippen LogP contribution in [0.5, 0.6) is 0 Å². The summed E-state index contributed by atoms with van der Waals surface area (Å²) in [4.78, 5) is 42.0. The number of benzene rings is 1. The molecule has 2 aromatic rings. The highest BCUT2D eigenvalue weighted by Gasteiger charge is 3.10. The highest BCUT2D eigenvalue weighted by Crippen LogP contribution is 2.90. The molecule has 14 nitrogen and oxygen atoms in total. The Hall–Kier alpha value is -3.53. The molecule has 1 aromatic heterocycles. The third-order valence-electron chi connectivity index (χ3n) is 13.3. The summed E-state index contributed by atoms with van der Waals surface area (Å²) in [6, 6.07) is 12.1. The topological polar surface area (TPSA) is 217 Å². The first kappa shape index (κ1) is 34.9. The predicted molar refractivity (Wildman–Crippen MR) is 172 cm³/mol. The van der Waals surface area contributed by atoms with Gasteiger partial charge in [0.1, 0.15) is 40.8 Å². The summed E-state index contributed by atoms with van der Waals surface area (Å²) in [5.74, 6) is -5.60. The number of aliphatic hydroxyl groups is 5. The van der Waals surface area contributed by atoms with Crippen LogP contribution >= 0.6 is 0 Å². The van der Waals surface area contributed by atoms with Gasteiger partial charge in [-0.1, -0.05) is 58.0 Å². The SMILES string of the molecule is CC1CCC2(O)C3(C)CC4(O)OC2(C1OC(=O)CCNC(=O)OCc1ccccc1)C1(O)C3(O)C(OC(=O)c2ccc[nH]2)C(O)(C(C)C)C41C. The van der Waals surface area contributed by atoms with E-state index in [9.17, 15) is 39.9 Å². The zero-order valence-electron chi connectivity index (χ0n) is 28.8. The van der Waals surface area contributed by atoms with Gasteiger partial charge in [0.05, 0.1) is 11.8 Å². The van der Waals surface area contributed by atoms with Crippen molar-refractivity contribution in [1.82, 2.24) is 10.3 Å². The van der Waals surface area contributed by atoms with Crippen molar-refractivity contribution in [2.75, 3.05) is 6.54 Å². The highest BCUT2D eigenvalue weighted by molar-refractivity contribution is 5.87. The summed E-state index contributed by atoms with van der Waals surface area (Å²) in [7, 11) is 0. The number of ether oxygens (including phenoxy) is 4. The summed E-state index contributed by atoms with van der Waals surface area (Å²) < 4.78 is 23.7. The molecule has 1 spiro atoms. The summed E-state index contributed by atoms with van der Waals surface area (Å²) in [5.41, 5.74) is -15.5. The molecule has 6 fully saturated rings. The van der Waals surface area contributed by atoms with E-state index in [0.717, 1.165) is 5.56 Å². The number of hydrogen-bond donors (Lipinski definition) is 7. The first-order chi connectivity index (χ1) is 23.4. The molecule has 7 N–H and O–H groups in total. The maximum Gasteiger partial charge on any atom is 0.407 e. The Bertz CT molecular complexity index is 1710. The molecule has 8 rings (SSSR count). The quantitative estimate of drug-likeness (QED) is 0.147. The lowest BCUT2D eigenvalue weighted by Crippen LogP contribution is -2.75. The molecule has 4 aliphatic carbocycles. The minimum absolute atomic E-state index is 0.0168. The molecular weight excluding hydrogens is 652 g/mol. The number of hydrogen-bond acceptors (Lipinski definition) is 12. The van der Waals surface area contributed by atoms with Crippen molar-refractivity contribution in [3.8, 4) is 0 Å². The van der Waals surface area contributed by atoms with Crippen molar-refractivity contribution in [1.29, 1.82) is 0 Å². The van der Waals surface area contributed by atoms with Crippen molar-refractivity contribution in [3.05, 3.63) is 59.9 Å². The standard InChI is InChI=1S/C36H46N2O12/c1-20(2)33(44)27(49-26(40)23-12-9-16-37-23)34(45)29(4)19-32(43)30(33,5)36(34,46)35(50-32)25(21(3)13-15-31(29,35)42)48-24(39)14-17-38-28(41)47-18-22-10-7-6-8-11-22/h6-12,16,20-21,25,27,37,42-46H,13-15,17-19H2,1-5H3,(H,38,41). The summed E-state index contributed by atoms with van der Waals surface area (Å²) in [6.45, 7) is 7.65. The Morgan fingerprint density at radius 3 is 2.36 bits per heavy atom. The zero-order chi connectivity index (χ0) is 36.3. The fraction of sp³-hybridized carbons (Fsp3) is 0.639. The molecule has 11 atom stereocenters. The van der Waals surface area contributed by atoms with Gasteiger partial charge in [-0.15, -0.1) is 0 Å². The van der Waals surface area contributed by atoms with E-state index in [4.69, 9.17) is 18.9 Å². The maximum atomic E-state index is 13.5. The maximum absolute atomic E-state index is 13.5. The fourth-order valence-corrected chi connectivity index (χ4v) is 11.0. The fourth-order valence-electron chi connectivity index (χ4n) is 11.0. The molecule has 4 saturated carbocycles. The van der Waals surface area contributed by atoms with Crippen LogP contribution in [-0.2, 0) is 30.3 Å². The van der Waals surface area contributed by atoms with Gasteiger partial charge in [-0.25, -0.2) is 9.59 Å². The van der Waals surface area contributed by atoms with E-state index in [-0.39, 0.29) is 38.1 Å². The van der Waals surface area contributed by atoms with Crippen molar-refractivity contribution in [3.63, 3.8) is 0 Å². The van der Waals surface area contributed by atoms with Gasteiger partial charge in [0.25, 0.3) is 0 Å². The Kier molecular flexibility index (Phi) is 7.50. The Balaban J connectivity index is 1.24. The van der Waals surface area contributed by atoms with Crippen molar-refractivity contribution in [2.24, 2.45) is 22.7 Å². The molecular formula is C36H46N2O12. The monoisotopic (exact) mass is 698 g/mol. The Labute approximate surface area is 289 Å². The molecule has 6 bridgehead atoms. The van der Waals surface area contributed by atoms with Crippen LogP contribution in [-0.4, -0.2) is 101 Å². The first-order valence-corrected chi connectivity index (χ1v) is 17.2. The second kappa shape index (κ2) is 10.7. The van der Waals surface area contributed by atoms with Crippen LogP contribution in [0.3, 0.4) is 0 Å². The highest BCUT2D eigenvalue weighted by atomic mass is 16.7. The molecule has 272 valence electrons. The van der Waals surface area contributed by atoms with Gasteiger partial charge in [0, 0.05) is 24.6 Å². The zero-order valence-corrected chi connectivity index (χ0v) is 28.8. The van der Waals surface area contributed by atoms with Crippen LogP contribution in [0.4, 0.5) is 4.79 Å². The summed E-state index contributed by atoms with van der Waals surface area (Å²) >= 11 is 0. The number of amides is 1. The third kappa shape index (κ3) is 3.61. The number of nitrogens with one attached hydrogen (secondary N) is 2. The van der Waals surface area contributed by atoms with Crippen molar-refractivity contribution in [2.45, 2.75) is 113 Å². The van der Waals surface area contributed by atoms with E-state index in [0.29, 0.717) is 0 Å². The van der Waals surface area contributed by atoms with Crippen LogP contribution in [0.15, 0.2) is 48.7 Å². The van der Waals surface area contributed by atoms with E-state index in [1.807, 2.05) is 18.2 Å². The van der Waals surface area contributed by atoms with Gasteiger partial charge in [0.15, 0.2) is 17.5 Å². The molecule has 3 heterocycles. The molecule has 1 aromatic carbocycles. The lowest BCUT2D eigenvalue weighted by Gasteiger charge is -2.61. The van der Waals surface area contributed by atoms with Crippen LogP contribution < -0.4 is 5.32 Å². The number of carbonyl (C=O) groups is 3. The molecule has 2 aliphatic heterocycles. The van der Waals surface area contributed by atoms with Crippen LogP contribution in [0.2, 0.25) is 0 Å². The van der Waals surface area contributed by atoms with Gasteiger partial charge < -0.3 is 54.8 Å². The third-order valence-corrected chi connectivity index (χ3v) is 13.3. The van der Waals surface area contributed by atoms with Crippen LogP contribution in [0, 0.1) is 22.7 Å². The van der Waals surface area contributed by atoms with E-state index in [2.05, 4.69) is 10.3 Å². The summed E-state index contributed by atoms with van der Waals surface area (Å²) in [5, 5.41) is 67.4. The smallest absolute Gasteiger partial charge is 0.407 e. The molecule has 50 heavy (non-hydrogen) atoms. The average molecular weight is 699 g/mol. The van der Waals surface area contributed by atoms with Gasteiger partial charge in [-0.3, -0.25) is 4.79 Å². The van der Waals surface area contributed by atoms with Crippen molar-refractivity contribution >= 4 is 18.0 Å². The number of carbonyl (C=O) groups excluding carboxylic acids is 3. The Morgan fingerprint density at radius 1 is 1.02 bits per heavy atom. The second-order valence-electron chi connectivity index (χ2n) is 15.6. The average Bonchev–Trinajstić information content (AvgIpc) is 3.70. The lowest BCUT2D eigenvalue weighted by atomic mass is 9.52. The molecule has 14 heteroatoms. The van der Waals surface area contributed by atoms with Gasteiger partial charge in [-0.2, -0.15) is 0 Å². The molecule has 2 saturated heterocycles. The minimum atomic E-state index is -2.75. The number of rotatable bonds is 9. The minimum Gasteiger partial charge on any atom is -0.459 e. The second-order valence-corrected chi connectivity index (χ2v) is 15.6. The number of H-pyrrole nitrogens is 1. The first-order valence-electron chi connectivity index (χ1n) is 17.2. The van der Waals surface area contributed by atoms with Crippen LogP contribution in [0.25, 0.3) is 0 Å². The largest absolute Gasteiger partial charge is 0.459 e. The molecule has 1 amide bonds. The predicted octanol–water partition coefficient (Wildman–Crippen LogP) is 1.68. The van der Waals surface area contributed by atoms with Gasteiger partial charge in [0.2, 0.25) is 0 Å².